The fourth-order valence-corrected chi connectivity index (χ4v) is 2.81. The van der Waals surface area contributed by atoms with Gasteiger partial charge in [-0.05, 0) is 64.4 Å². The van der Waals surface area contributed by atoms with Crippen LogP contribution in [0.3, 0.4) is 0 Å². The van der Waals surface area contributed by atoms with Gasteiger partial charge in [-0.2, -0.15) is 0 Å². The van der Waals surface area contributed by atoms with Crippen LogP contribution in [-0.4, -0.2) is 39.6 Å². The van der Waals surface area contributed by atoms with E-state index in [2.05, 4.69) is 4.90 Å². The molecule has 1 amide bonds. The Balaban J connectivity index is 2.16. The van der Waals surface area contributed by atoms with Gasteiger partial charge in [0.15, 0.2) is 0 Å². The minimum absolute atomic E-state index is 0.0680. The molecular weight excluding hydrogens is 283 g/mol. The molecule has 1 heterocycles. The van der Waals surface area contributed by atoms with Crippen molar-refractivity contribution in [2.75, 3.05) is 13.1 Å². The number of nitrogens with zero attached hydrogens (tertiary/aromatic N) is 2. The monoisotopic (exact) mass is 308 g/mol. The van der Waals surface area contributed by atoms with Gasteiger partial charge in [-0.15, -0.1) is 0 Å². The summed E-state index contributed by atoms with van der Waals surface area (Å²) < 4.78 is 14.1. The topological polar surface area (TPSA) is 43.8 Å². The standard InChI is InChI=1S/C17H25FN2O2/c1-17(2,3)20(16(21)22)12-14-10-13(6-7-15(14)18)11-19-8-4-5-9-19/h6-7,10H,4-5,8-9,11-12H2,1-3H3,(H,21,22). The summed E-state index contributed by atoms with van der Waals surface area (Å²) in [6.45, 7) is 8.47. The first-order valence-corrected chi connectivity index (χ1v) is 7.77. The Bertz CT molecular complexity index is 534. The van der Waals surface area contributed by atoms with Crippen LogP contribution < -0.4 is 0 Å². The van der Waals surface area contributed by atoms with Crippen molar-refractivity contribution in [3.05, 3.63) is 35.1 Å². The Labute approximate surface area is 131 Å². The van der Waals surface area contributed by atoms with Crippen LogP contribution in [0, 0.1) is 5.82 Å². The zero-order valence-corrected chi connectivity index (χ0v) is 13.6. The molecule has 1 aromatic carbocycles. The predicted octanol–water partition coefficient (Wildman–Crippen LogP) is 3.70. The van der Waals surface area contributed by atoms with Crippen molar-refractivity contribution in [3.8, 4) is 0 Å². The molecule has 0 atom stereocenters. The van der Waals surface area contributed by atoms with E-state index in [1.165, 1.54) is 23.8 Å². The van der Waals surface area contributed by atoms with Gasteiger partial charge in [0.05, 0.1) is 6.54 Å². The van der Waals surface area contributed by atoms with Crippen LogP contribution in [0.4, 0.5) is 9.18 Å². The molecule has 122 valence electrons. The van der Waals surface area contributed by atoms with E-state index in [0.29, 0.717) is 5.56 Å². The number of hydrogen-bond acceptors (Lipinski definition) is 2. The highest BCUT2D eigenvalue weighted by Crippen LogP contribution is 2.21. The molecule has 0 unspecified atom stereocenters. The third-order valence-electron chi connectivity index (χ3n) is 4.08. The normalized spacial score (nSPS) is 16.0. The molecule has 0 aromatic heterocycles. The molecule has 5 heteroatoms. The molecule has 0 radical (unpaired) electrons. The van der Waals surface area contributed by atoms with Crippen LogP contribution in [0.2, 0.25) is 0 Å². The van der Waals surface area contributed by atoms with Gasteiger partial charge in [0.1, 0.15) is 5.82 Å². The van der Waals surface area contributed by atoms with Crippen molar-refractivity contribution < 1.29 is 14.3 Å². The minimum Gasteiger partial charge on any atom is -0.465 e. The van der Waals surface area contributed by atoms with Crippen LogP contribution in [-0.2, 0) is 13.1 Å². The zero-order valence-electron chi connectivity index (χ0n) is 13.6. The number of carbonyl (C=O) groups is 1. The van der Waals surface area contributed by atoms with Crippen molar-refractivity contribution in [3.63, 3.8) is 0 Å². The summed E-state index contributed by atoms with van der Waals surface area (Å²) in [5.41, 5.74) is 0.912. The maximum Gasteiger partial charge on any atom is 0.408 e. The second kappa shape index (κ2) is 6.65. The first-order chi connectivity index (χ1) is 10.3. The molecule has 2 rings (SSSR count). The molecule has 0 spiro atoms. The summed E-state index contributed by atoms with van der Waals surface area (Å²) in [6.07, 6.45) is 1.40. The number of halogens is 1. The number of likely N-dealkylation sites (tertiary alicyclic amines) is 1. The van der Waals surface area contributed by atoms with Gasteiger partial charge < -0.3 is 5.11 Å². The lowest BCUT2D eigenvalue weighted by Crippen LogP contribution is -2.44. The fraction of sp³-hybridized carbons (Fsp3) is 0.588. The van der Waals surface area contributed by atoms with E-state index in [-0.39, 0.29) is 12.4 Å². The first-order valence-electron chi connectivity index (χ1n) is 7.77. The summed E-state index contributed by atoms with van der Waals surface area (Å²) >= 11 is 0. The highest BCUT2D eigenvalue weighted by molar-refractivity contribution is 5.66. The number of hydrogen-bond donors (Lipinski definition) is 1. The summed E-state index contributed by atoms with van der Waals surface area (Å²) in [6, 6.07) is 5.04. The Kier molecular flexibility index (Phi) is 5.06. The van der Waals surface area contributed by atoms with Gasteiger partial charge in [0.2, 0.25) is 0 Å². The van der Waals surface area contributed by atoms with Gasteiger partial charge in [0.25, 0.3) is 0 Å². The summed E-state index contributed by atoms with van der Waals surface area (Å²) in [5.74, 6) is -0.347. The van der Waals surface area contributed by atoms with E-state index in [0.717, 1.165) is 25.2 Å². The molecule has 1 aliphatic rings. The zero-order chi connectivity index (χ0) is 16.3. The smallest absolute Gasteiger partial charge is 0.408 e. The summed E-state index contributed by atoms with van der Waals surface area (Å²) in [4.78, 5) is 15.0. The lowest BCUT2D eigenvalue weighted by atomic mass is 10.0. The quantitative estimate of drug-likeness (QED) is 0.922. The Hall–Kier alpha value is -1.62. The molecule has 1 saturated heterocycles. The maximum atomic E-state index is 14.1. The fourth-order valence-electron chi connectivity index (χ4n) is 2.81. The Morgan fingerprint density at radius 1 is 1.32 bits per heavy atom. The molecule has 0 bridgehead atoms. The highest BCUT2D eigenvalue weighted by atomic mass is 19.1. The minimum atomic E-state index is -1.03. The number of rotatable bonds is 4. The third-order valence-corrected chi connectivity index (χ3v) is 4.08. The van der Waals surface area contributed by atoms with E-state index < -0.39 is 11.6 Å². The molecular formula is C17H25FN2O2. The van der Waals surface area contributed by atoms with Gasteiger partial charge in [0, 0.05) is 17.6 Å². The molecule has 22 heavy (non-hydrogen) atoms. The van der Waals surface area contributed by atoms with E-state index in [4.69, 9.17) is 0 Å². The Morgan fingerprint density at radius 2 is 1.95 bits per heavy atom. The summed E-state index contributed by atoms with van der Waals surface area (Å²) in [7, 11) is 0. The number of carboxylic acid groups (broad SMARTS) is 1. The van der Waals surface area contributed by atoms with Crippen LogP contribution in [0.1, 0.15) is 44.7 Å². The first kappa shape index (κ1) is 16.7. The molecule has 1 fully saturated rings. The van der Waals surface area contributed by atoms with Gasteiger partial charge in [-0.1, -0.05) is 6.07 Å². The molecule has 1 N–H and O–H groups in total. The van der Waals surface area contributed by atoms with E-state index in [1.807, 2.05) is 20.8 Å². The van der Waals surface area contributed by atoms with E-state index >= 15 is 0 Å². The molecule has 1 aliphatic heterocycles. The van der Waals surface area contributed by atoms with Crippen molar-refractivity contribution in [2.45, 2.75) is 52.2 Å². The summed E-state index contributed by atoms with van der Waals surface area (Å²) in [5, 5.41) is 9.36. The average Bonchev–Trinajstić information content (AvgIpc) is 2.90. The van der Waals surface area contributed by atoms with Crippen LogP contribution in [0.5, 0.6) is 0 Å². The van der Waals surface area contributed by atoms with E-state index in [1.54, 1.807) is 12.1 Å². The maximum absolute atomic E-state index is 14.1. The highest BCUT2D eigenvalue weighted by Gasteiger charge is 2.27. The van der Waals surface area contributed by atoms with Gasteiger partial charge in [-0.3, -0.25) is 9.80 Å². The van der Waals surface area contributed by atoms with Crippen LogP contribution in [0.25, 0.3) is 0 Å². The predicted molar refractivity (Wildman–Crippen MR) is 84.2 cm³/mol. The van der Waals surface area contributed by atoms with Gasteiger partial charge in [-0.25, -0.2) is 9.18 Å². The SMILES string of the molecule is CC(C)(C)N(Cc1cc(CN2CCCC2)ccc1F)C(=O)O. The van der Waals surface area contributed by atoms with E-state index in [9.17, 15) is 14.3 Å². The molecule has 1 aromatic rings. The Morgan fingerprint density at radius 3 is 2.50 bits per heavy atom. The second-order valence-electron chi connectivity index (χ2n) is 6.95. The average molecular weight is 308 g/mol. The molecule has 0 aliphatic carbocycles. The number of benzene rings is 1. The second-order valence-corrected chi connectivity index (χ2v) is 6.95. The van der Waals surface area contributed by atoms with Crippen LogP contribution in [0.15, 0.2) is 18.2 Å². The number of amides is 1. The van der Waals surface area contributed by atoms with Gasteiger partial charge >= 0.3 is 6.09 Å². The van der Waals surface area contributed by atoms with Crippen molar-refractivity contribution in [1.82, 2.24) is 9.80 Å². The van der Waals surface area contributed by atoms with Crippen molar-refractivity contribution >= 4 is 6.09 Å². The third kappa shape index (κ3) is 4.19. The largest absolute Gasteiger partial charge is 0.465 e. The molecule has 4 nitrogen and oxygen atoms in total. The van der Waals surface area contributed by atoms with Crippen LogP contribution >= 0.6 is 0 Å². The van der Waals surface area contributed by atoms with Crippen molar-refractivity contribution in [1.29, 1.82) is 0 Å². The lowest BCUT2D eigenvalue weighted by molar-refractivity contribution is 0.0948. The lowest BCUT2D eigenvalue weighted by Gasteiger charge is -2.33. The van der Waals surface area contributed by atoms with Crippen molar-refractivity contribution in [2.24, 2.45) is 0 Å². The molecule has 0 saturated carbocycles.